The Kier molecular flexibility index (Phi) is 3.84. The maximum absolute atomic E-state index is 12.8. The number of rotatable bonds is 3. The molecule has 14 heavy (non-hydrogen) atoms. The Morgan fingerprint density at radius 1 is 1.43 bits per heavy atom. The van der Waals surface area contributed by atoms with Gasteiger partial charge in [-0.3, -0.25) is 4.79 Å². The molecule has 0 saturated heterocycles. The number of ketones is 1. The minimum atomic E-state index is -0.412. The Hall–Kier alpha value is -1.15. The first-order chi connectivity index (χ1) is 6.63. The minimum absolute atomic E-state index is 0.235. The topological polar surface area (TPSA) is 17.1 Å². The smallest absolute Gasteiger partial charge is 0.188 e. The van der Waals surface area contributed by atoms with Gasteiger partial charge in [-0.05, 0) is 30.7 Å². The van der Waals surface area contributed by atoms with Crippen molar-refractivity contribution >= 4 is 17.4 Å². The molecule has 0 aliphatic carbocycles. The van der Waals surface area contributed by atoms with E-state index < -0.39 is 5.83 Å². The van der Waals surface area contributed by atoms with E-state index in [1.54, 1.807) is 31.2 Å². The number of halogens is 2. The van der Waals surface area contributed by atoms with Crippen molar-refractivity contribution in [3.63, 3.8) is 0 Å². The highest BCUT2D eigenvalue weighted by atomic mass is 35.5. The van der Waals surface area contributed by atoms with E-state index in [4.69, 9.17) is 11.6 Å². The molecule has 3 heteroatoms. The van der Waals surface area contributed by atoms with Crippen LogP contribution >= 0.6 is 11.6 Å². The van der Waals surface area contributed by atoms with E-state index in [2.05, 4.69) is 0 Å². The molecular formula is C11H10ClFO. The largest absolute Gasteiger partial charge is 0.289 e. The zero-order chi connectivity index (χ0) is 10.6. The van der Waals surface area contributed by atoms with Crippen LogP contribution in [0.25, 0.3) is 0 Å². The van der Waals surface area contributed by atoms with Gasteiger partial charge in [-0.2, -0.15) is 0 Å². The van der Waals surface area contributed by atoms with Crippen molar-refractivity contribution in [2.45, 2.75) is 13.3 Å². The second kappa shape index (κ2) is 4.91. The number of carbonyl (C=O) groups excluding carboxylic acids is 1. The van der Waals surface area contributed by atoms with Crippen molar-refractivity contribution in [2.75, 3.05) is 0 Å². The monoisotopic (exact) mass is 212 g/mol. The summed E-state index contributed by atoms with van der Waals surface area (Å²) in [5.74, 6) is -0.744. The average molecular weight is 213 g/mol. The van der Waals surface area contributed by atoms with Gasteiger partial charge in [0.2, 0.25) is 0 Å². The molecule has 0 bridgehead atoms. The summed E-state index contributed by atoms with van der Waals surface area (Å²) in [4.78, 5) is 11.4. The summed E-state index contributed by atoms with van der Waals surface area (Å²) < 4.78 is 12.8. The van der Waals surface area contributed by atoms with Gasteiger partial charge in [0, 0.05) is 16.7 Å². The number of benzene rings is 1. The zero-order valence-electron chi connectivity index (χ0n) is 7.76. The molecule has 0 aliphatic rings. The lowest BCUT2D eigenvalue weighted by Gasteiger charge is -1.96. The molecule has 0 fully saturated rings. The summed E-state index contributed by atoms with van der Waals surface area (Å²) in [6.45, 7) is 1.65. The molecule has 0 amide bonds. The lowest BCUT2D eigenvalue weighted by atomic mass is 10.1. The zero-order valence-corrected chi connectivity index (χ0v) is 8.51. The highest BCUT2D eigenvalue weighted by molar-refractivity contribution is 6.30. The first-order valence-electron chi connectivity index (χ1n) is 4.29. The third kappa shape index (κ3) is 2.96. The number of allylic oxidation sites excluding steroid dienone is 2. The van der Waals surface area contributed by atoms with Crippen LogP contribution in [0.5, 0.6) is 0 Å². The highest BCUT2D eigenvalue weighted by Gasteiger charge is 2.03. The van der Waals surface area contributed by atoms with Gasteiger partial charge in [-0.15, -0.1) is 0 Å². The Bertz CT molecular complexity index is 354. The highest BCUT2D eigenvalue weighted by Crippen LogP contribution is 2.12. The van der Waals surface area contributed by atoms with Crippen LogP contribution in [0, 0.1) is 0 Å². The molecule has 1 nitrogen and oxygen atoms in total. The predicted molar refractivity (Wildman–Crippen MR) is 55.3 cm³/mol. The van der Waals surface area contributed by atoms with Gasteiger partial charge >= 0.3 is 0 Å². The number of carbonyl (C=O) groups is 1. The molecule has 0 atom stereocenters. The van der Waals surface area contributed by atoms with E-state index in [1.807, 2.05) is 0 Å². The van der Waals surface area contributed by atoms with Crippen LogP contribution in [0.1, 0.15) is 23.7 Å². The summed E-state index contributed by atoms with van der Waals surface area (Å²) >= 11 is 5.65. The molecule has 0 radical (unpaired) electrons. The van der Waals surface area contributed by atoms with Gasteiger partial charge < -0.3 is 0 Å². The Balaban J connectivity index is 2.85. The fraction of sp³-hybridized carbons (Fsp3) is 0.182. The standard InChI is InChI=1S/C11H10ClFO/c1-2-10(13)7-11(14)8-3-5-9(12)6-4-8/h3-7H,2H2,1H3/b10-7-. The van der Waals surface area contributed by atoms with E-state index in [0.717, 1.165) is 6.08 Å². The van der Waals surface area contributed by atoms with E-state index in [0.29, 0.717) is 10.6 Å². The average Bonchev–Trinajstić information content (AvgIpc) is 2.18. The molecule has 1 rings (SSSR count). The van der Waals surface area contributed by atoms with Crippen LogP contribution < -0.4 is 0 Å². The van der Waals surface area contributed by atoms with Crippen LogP contribution in [0.4, 0.5) is 4.39 Å². The van der Waals surface area contributed by atoms with E-state index in [9.17, 15) is 9.18 Å². The molecule has 74 valence electrons. The lowest BCUT2D eigenvalue weighted by Crippen LogP contribution is -1.94. The van der Waals surface area contributed by atoms with Crippen LogP contribution in [0.2, 0.25) is 5.02 Å². The van der Waals surface area contributed by atoms with E-state index in [-0.39, 0.29) is 12.2 Å². The van der Waals surface area contributed by atoms with Crippen LogP contribution in [0.15, 0.2) is 36.2 Å². The summed E-state index contributed by atoms with van der Waals surface area (Å²) in [6, 6.07) is 6.35. The quantitative estimate of drug-likeness (QED) is 0.550. The molecule has 0 aromatic heterocycles. The van der Waals surface area contributed by atoms with Gasteiger partial charge in [0.15, 0.2) is 5.78 Å². The fourth-order valence-electron chi connectivity index (χ4n) is 0.942. The van der Waals surface area contributed by atoms with Crippen molar-refractivity contribution in [3.8, 4) is 0 Å². The molecule has 0 unspecified atom stereocenters. The Morgan fingerprint density at radius 3 is 2.50 bits per heavy atom. The molecule has 0 saturated carbocycles. The van der Waals surface area contributed by atoms with Gasteiger partial charge in [-0.1, -0.05) is 18.5 Å². The molecule has 0 spiro atoms. The summed E-state index contributed by atoms with van der Waals surface area (Å²) in [7, 11) is 0. The van der Waals surface area contributed by atoms with Crippen LogP contribution in [0.3, 0.4) is 0 Å². The van der Waals surface area contributed by atoms with Crippen molar-refractivity contribution in [1.82, 2.24) is 0 Å². The third-order valence-corrected chi connectivity index (χ3v) is 2.01. The summed E-state index contributed by atoms with van der Waals surface area (Å²) in [5, 5.41) is 0.557. The van der Waals surface area contributed by atoms with Crippen molar-refractivity contribution in [3.05, 3.63) is 46.8 Å². The van der Waals surface area contributed by atoms with Gasteiger partial charge in [0.1, 0.15) is 5.83 Å². The van der Waals surface area contributed by atoms with Crippen LogP contribution in [-0.2, 0) is 0 Å². The van der Waals surface area contributed by atoms with Crippen molar-refractivity contribution < 1.29 is 9.18 Å². The third-order valence-electron chi connectivity index (χ3n) is 1.75. The van der Waals surface area contributed by atoms with Gasteiger partial charge in [0.25, 0.3) is 0 Å². The molecule has 1 aromatic rings. The summed E-state index contributed by atoms with van der Waals surface area (Å²) in [6.07, 6.45) is 1.24. The van der Waals surface area contributed by atoms with Crippen molar-refractivity contribution in [2.24, 2.45) is 0 Å². The molecule has 0 heterocycles. The molecular weight excluding hydrogens is 203 g/mol. The number of hydrogen-bond acceptors (Lipinski definition) is 1. The van der Waals surface area contributed by atoms with Crippen LogP contribution in [-0.4, -0.2) is 5.78 Å². The van der Waals surface area contributed by atoms with E-state index >= 15 is 0 Å². The fourth-order valence-corrected chi connectivity index (χ4v) is 1.07. The van der Waals surface area contributed by atoms with E-state index in [1.165, 1.54) is 0 Å². The first kappa shape index (κ1) is 10.9. The predicted octanol–water partition coefficient (Wildman–Crippen LogP) is 3.79. The van der Waals surface area contributed by atoms with Crippen molar-refractivity contribution in [1.29, 1.82) is 0 Å². The first-order valence-corrected chi connectivity index (χ1v) is 4.67. The second-order valence-corrected chi connectivity index (χ2v) is 3.25. The molecule has 0 aliphatic heterocycles. The normalized spacial score (nSPS) is 11.5. The number of hydrogen-bond donors (Lipinski definition) is 0. The van der Waals surface area contributed by atoms with Gasteiger partial charge in [-0.25, -0.2) is 4.39 Å². The lowest BCUT2D eigenvalue weighted by molar-refractivity contribution is 0.104. The maximum atomic E-state index is 12.8. The minimum Gasteiger partial charge on any atom is -0.289 e. The Morgan fingerprint density at radius 2 is 2.00 bits per heavy atom. The van der Waals surface area contributed by atoms with Gasteiger partial charge in [0.05, 0.1) is 0 Å². The summed E-state index contributed by atoms with van der Waals surface area (Å²) in [5.41, 5.74) is 0.443. The molecule has 0 N–H and O–H groups in total. The second-order valence-electron chi connectivity index (χ2n) is 2.82. The maximum Gasteiger partial charge on any atom is 0.188 e. The Labute approximate surface area is 87.2 Å². The molecule has 1 aromatic carbocycles. The SMILES string of the molecule is CC/C(F)=C/C(=O)c1ccc(Cl)cc1.